The van der Waals surface area contributed by atoms with Crippen LogP contribution in [0.1, 0.15) is 16.0 Å². The topological polar surface area (TPSA) is 58.6 Å². The lowest BCUT2D eigenvalue weighted by molar-refractivity contribution is -0.120. The van der Waals surface area contributed by atoms with E-state index in [4.69, 9.17) is 4.74 Å². The summed E-state index contributed by atoms with van der Waals surface area (Å²) < 4.78 is 5.38. The Balaban J connectivity index is 1.83. The van der Waals surface area contributed by atoms with Crippen LogP contribution < -0.4 is 15.0 Å². The molecule has 5 nitrogen and oxygen atoms in total. The Labute approximate surface area is 173 Å². The van der Waals surface area contributed by atoms with Gasteiger partial charge in [0.15, 0.2) is 0 Å². The molecule has 0 fully saturated rings. The SMILES string of the molecule is COc1ccccc1N1C(=O)C(Nc2cc(C)cc(C)c2)=C(c2cccs2)C1=O. The Kier molecular flexibility index (Phi) is 4.94. The monoisotopic (exact) mass is 404 g/mol. The van der Waals surface area contributed by atoms with Crippen LogP contribution in [0.2, 0.25) is 0 Å². The van der Waals surface area contributed by atoms with Gasteiger partial charge >= 0.3 is 0 Å². The van der Waals surface area contributed by atoms with Crippen LogP contribution in [0.25, 0.3) is 5.57 Å². The molecule has 0 aliphatic carbocycles. The molecule has 29 heavy (non-hydrogen) atoms. The predicted molar refractivity (Wildman–Crippen MR) is 116 cm³/mol. The van der Waals surface area contributed by atoms with Gasteiger partial charge in [-0.05, 0) is 60.7 Å². The van der Waals surface area contributed by atoms with Crippen molar-refractivity contribution in [2.45, 2.75) is 13.8 Å². The summed E-state index contributed by atoms with van der Waals surface area (Å²) in [6.45, 7) is 3.99. The van der Waals surface area contributed by atoms with Gasteiger partial charge in [-0.15, -0.1) is 11.3 Å². The molecule has 1 aliphatic heterocycles. The number of imide groups is 1. The minimum Gasteiger partial charge on any atom is -0.495 e. The number of rotatable bonds is 5. The average Bonchev–Trinajstić information content (AvgIpc) is 3.28. The van der Waals surface area contributed by atoms with E-state index in [9.17, 15) is 9.59 Å². The van der Waals surface area contributed by atoms with Crippen molar-refractivity contribution in [2.75, 3.05) is 17.3 Å². The summed E-state index contributed by atoms with van der Waals surface area (Å²) in [5.74, 6) is -0.303. The number of nitrogens with one attached hydrogen (secondary N) is 1. The molecule has 1 aromatic heterocycles. The Morgan fingerprint density at radius 3 is 2.31 bits per heavy atom. The number of methoxy groups -OCH3 is 1. The molecule has 0 saturated heterocycles. The second kappa shape index (κ2) is 7.56. The highest BCUT2D eigenvalue weighted by atomic mass is 32.1. The van der Waals surface area contributed by atoms with Crippen molar-refractivity contribution < 1.29 is 14.3 Å². The van der Waals surface area contributed by atoms with Gasteiger partial charge in [0.1, 0.15) is 11.4 Å². The Hall–Kier alpha value is -3.38. The van der Waals surface area contributed by atoms with Crippen molar-refractivity contribution in [1.29, 1.82) is 0 Å². The molecule has 0 saturated carbocycles. The number of aryl methyl sites for hydroxylation is 2. The Morgan fingerprint density at radius 2 is 1.66 bits per heavy atom. The van der Waals surface area contributed by atoms with Gasteiger partial charge < -0.3 is 10.1 Å². The number of carbonyl (C=O) groups is 2. The third-order valence-electron chi connectivity index (χ3n) is 4.67. The lowest BCUT2D eigenvalue weighted by Crippen LogP contribution is -2.32. The molecule has 0 bridgehead atoms. The van der Waals surface area contributed by atoms with Crippen molar-refractivity contribution in [3.05, 3.63) is 81.7 Å². The van der Waals surface area contributed by atoms with Crippen LogP contribution in [-0.4, -0.2) is 18.9 Å². The molecule has 6 heteroatoms. The zero-order valence-corrected chi connectivity index (χ0v) is 17.2. The van der Waals surface area contributed by atoms with Crippen LogP contribution in [0, 0.1) is 13.8 Å². The lowest BCUT2D eigenvalue weighted by atomic mass is 10.1. The summed E-state index contributed by atoms with van der Waals surface area (Å²) in [4.78, 5) is 28.7. The molecule has 2 amide bonds. The summed E-state index contributed by atoms with van der Waals surface area (Å²) in [6, 6.07) is 16.7. The number of anilines is 2. The van der Waals surface area contributed by atoms with Gasteiger partial charge in [0.2, 0.25) is 0 Å². The molecule has 0 radical (unpaired) electrons. The Morgan fingerprint density at radius 1 is 0.931 bits per heavy atom. The van der Waals surface area contributed by atoms with Crippen molar-refractivity contribution in [3.8, 4) is 5.75 Å². The van der Waals surface area contributed by atoms with E-state index in [1.54, 1.807) is 24.3 Å². The van der Waals surface area contributed by atoms with Crippen LogP contribution in [0.15, 0.2) is 65.7 Å². The number of amides is 2. The number of carbonyl (C=O) groups excluding carboxylic acids is 2. The summed E-state index contributed by atoms with van der Waals surface area (Å²) >= 11 is 1.42. The first-order valence-corrected chi connectivity index (χ1v) is 10.0. The number of nitrogens with zero attached hydrogens (tertiary/aromatic N) is 1. The molecular weight excluding hydrogens is 384 g/mol. The van der Waals surface area contributed by atoms with E-state index >= 15 is 0 Å². The highest BCUT2D eigenvalue weighted by molar-refractivity contribution is 7.11. The largest absolute Gasteiger partial charge is 0.495 e. The zero-order valence-electron chi connectivity index (χ0n) is 16.4. The van der Waals surface area contributed by atoms with Gasteiger partial charge in [-0.3, -0.25) is 9.59 Å². The molecule has 0 unspecified atom stereocenters. The van der Waals surface area contributed by atoms with Crippen molar-refractivity contribution in [1.82, 2.24) is 0 Å². The average molecular weight is 404 g/mol. The molecule has 3 aromatic rings. The van der Waals surface area contributed by atoms with Crippen LogP contribution in [0.4, 0.5) is 11.4 Å². The van der Waals surface area contributed by atoms with Crippen LogP contribution >= 0.6 is 11.3 Å². The number of hydrogen-bond donors (Lipinski definition) is 1. The first kappa shape index (κ1) is 19.0. The minimum absolute atomic E-state index is 0.272. The van der Waals surface area contributed by atoms with E-state index in [-0.39, 0.29) is 11.6 Å². The highest BCUT2D eigenvalue weighted by Gasteiger charge is 2.41. The fraction of sp³-hybridized carbons (Fsp3) is 0.130. The second-order valence-corrected chi connectivity index (χ2v) is 7.79. The van der Waals surface area contributed by atoms with Gasteiger partial charge in [-0.25, -0.2) is 4.90 Å². The van der Waals surface area contributed by atoms with E-state index in [2.05, 4.69) is 11.4 Å². The normalized spacial score (nSPS) is 14.0. The first-order chi connectivity index (χ1) is 14.0. The standard InChI is InChI=1S/C23H20N2O3S/c1-14-11-15(2)13-16(12-14)24-21-20(19-9-6-10-29-19)22(26)25(23(21)27)17-7-4-5-8-18(17)28-3/h4-13,24H,1-3H3. The first-order valence-electron chi connectivity index (χ1n) is 9.15. The maximum atomic E-state index is 13.4. The van der Waals surface area contributed by atoms with E-state index in [0.717, 1.165) is 21.7 Å². The van der Waals surface area contributed by atoms with E-state index in [0.29, 0.717) is 17.0 Å². The van der Waals surface area contributed by atoms with Gasteiger partial charge in [0.25, 0.3) is 11.8 Å². The molecule has 2 heterocycles. The number of thiophene rings is 1. The summed E-state index contributed by atoms with van der Waals surface area (Å²) in [5.41, 5.74) is 3.99. The molecule has 0 atom stereocenters. The zero-order chi connectivity index (χ0) is 20.5. The molecule has 4 rings (SSSR count). The molecule has 146 valence electrons. The summed E-state index contributed by atoms with van der Waals surface area (Å²) in [5, 5.41) is 5.10. The number of ether oxygens (including phenoxy) is 1. The molecule has 1 aliphatic rings. The number of hydrogen-bond acceptors (Lipinski definition) is 5. The quantitative estimate of drug-likeness (QED) is 0.623. The maximum Gasteiger partial charge on any atom is 0.282 e. The summed E-state index contributed by atoms with van der Waals surface area (Å²) in [7, 11) is 1.52. The number of para-hydroxylation sites is 2. The fourth-order valence-corrected chi connectivity index (χ4v) is 4.29. The third-order valence-corrected chi connectivity index (χ3v) is 5.56. The molecule has 2 aromatic carbocycles. The maximum absolute atomic E-state index is 13.4. The van der Waals surface area contributed by atoms with Crippen molar-refractivity contribution in [2.24, 2.45) is 0 Å². The molecule has 0 spiro atoms. The van der Waals surface area contributed by atoms with Crippen molar-refractivity contribution in [3.63, 3.8) is 0 Å². The van der Waals surface area contributed by atoms with Crippen LogP contribution in [0.3, 0.4) is 0 Å². The predicted octanol–water partition coefficient (Wildman–Crippen LogP) is 4.77. The minimum atomic E-state index is -0.401. The van der Waals surface area contributed by atoms with E-state index < -0.39 is 5.91 Å². The third kappa shape index (κ3) is 3.43. The van der Waals surface area contributed by atoms with Crippen LogP contribution in [-0.2, 0) is 9.59 Å². The fourth-order valence-electron chi connectivity index (χ4n) is 3.52. The van der Waals surface area contributed by atoms with Gasteiger partial charge in [0, 0.05) is 10.6 Å². The Bertz CT molecular complexity index is 1110. The van der Waals surface area contributed by atoms with E-state index in [1.165, 1.54) is 23.3 Å². The molecular formula is C23H20N2O3S. The number of benzene rings is 2. The highest BCUT2D eigenvalue weighted by Crippen LogP contribution is 2.38. The second-order valence-electron chi connectivity index (χ2n) is 6.85. The summed E-state index contributed by atoms with van der Waals surface area (Å²) in [6.07, 6.45) is 0. The van der Waals surface area contributed by atoms with Gasteiger partial charge in [-0.1, -0.05) is 24.3 Å². The lowest BCUT2D eigenvalue weighted by Gasteiger charge is -2.18. The smallest absolute Gasteiger partial charge is 0.282 e. The van der Waals surface area contributed by atoms with Crippen molar-refractivity contribution >= 4 is 40.1 Å². The molecule has 1 N–H and O–H groups in total. The van der Waals surface area contributed by atoms with Gasteiger partial charge in [0.05, 0.1) is 18.4 Å². The van der Waals surface area contributed by atoms with Gasteiger partial charge in [-0.2, -0.15) is 0 Å². The van der Waals surface area contributed by atoms with E-state index in [1.807, 2.05) is 43.5 Å². The van der Waals surface area contributed by atoms with Crippen LogP contribution in [0.5, 0.6) is 5.75 Å².